The van der Waals surface area contributed by atoms with E-state index in [2.05, 4.69) is 4.98 Å². The fourth-order valence-electron chi connectivity index (χ4n) is 1.56. The maximum atomic E-state index is 13.1. The molecule has 10 nitrogen and oxygen atoms in total. The zero-order valence-corrected chi connectivity index (χ0v) is 13.1. The largest absolute Gasteiger partial charge is 0.481 e. The number of thioether (sulfide) groups is 1. The minimum atomic E-state index is -1.08. The van der Waals surface area contributed by atoms with Crippen molar-refractivity contribution in [1.82, 2.24) is 9.55 Å². The molecule has 1 aliphatic rings. The Bertz CT molecular complexity index is 640. The van der Waals surface area contributed by atoms with Crippen LogP contribution in [0.25, 0.3) is 0 Å². The van der Waals surface area contributed by atoms with E-state index in [0.717, 1.165) is 10.8 Å². The maximum Gasteiger partial charge on any atom is 0.351 e. The van der Waals surface area contributed by atoms with Crippen molar-refractivity contribution >= 4 is 29.5 Å². The first-order valence-electron chi connectivity index (χ1n) is 6.60. The molecule has 0 amide bonds. The van der Waals surface area contributed by atoms with Crippen LogP contribution in [0.2, 0.25) is 0 Å². The molecule has 0 bridgehead atoms. The number of nitrogen functional groups attached to an aromatic ring is 1. The number of carboxylic acid groups (broad SMARTS) is 2. The van der Waals surface area contributed by atoms with Gasteiger partial charge in [0.1, 0.15) is 11.7 Å². The lowest BCUT2D eigenvalue weighted by Gasteiger charge is -2.13. The molecule has 5 N–H and O–H groups in total. The Morgan fingerprint density at radius 3 is 2.46 bits per heavy atom. The molecule has 1 aliphatic heterocycles. The topological polar surface area (TPSA) is 165 Å². The summed E-state index contributed by atoms with van der Waals surface area (Å²) in [6.07, 6.45) is -0.238. The normalized spacial score (nSPS) is 19.4. The number of nitrogens with zero attached hydrogens (tertiary/aromatic N) is 2. The number of aromatic nitrogens is 2. The van der Waals surface area contributed by atoms with Crippen LogP contribution in [0.15, 0.2) is 11.0 Å². The highest BCUT2D eigenvalue weighted by Crippen LogP contribution is 2.30. The number of aliphatic hydroxyl groups excluding tert-OH is 1. The van der Waals surface area contributed by atoms with Crippen LogP contribution in [0.5, 0.6) is 0 Å². The molecule has 2 atom stereocenters. The molecule has 0 aromatic carbocycles. The molecule has 0 unspecified atom stereocenters. The van der Waals surface area contributed by atoms with Crippen molar-refractivity contribution < 1.29 is 34.0 Å². The van der Waals surface area contributed by atoms with E-state index >= 15 is 0 Å². The number of anilines is 1. The molecule has 1 aromatic heterocycles. The van der Waals surface area contributed by atoms with Gasteiger partial charge in [-0.3, -0.25) is 14.2 Å². The highest BCUT2D eigenvalue weighted by molar-refractivity contribution is 8.00. The van der Waals surface area contributed by atoms with E-state index < -0.39 is 40.9 Å². The van der Waals surface area contributed by atoms with Crippen molar-refractivity contribution in [3.8, 4) is 0 Å². The Kier molecular flexibility index (Phi) is 7.61. The summed E-state index contributed by atoms with van der Waals surface area (Å²) in [7, 11) is 0. The Labute approximate surface area is 139 Å². The van der Waals surface area contributed by atoms with Crippen LogP contribution >= 0.6 is 11.8 Å². The minimum Gasteiger partial charge on any atom is -0.481 e. The number of ether oxygens (including phenoxy) is 1. The summed E-state index contributed by atoms with van der Waals surface area (Å²) in [6, 6.07) is 0. The van der Waals surface area contributed by atoms with E-state index in [1.807, 2.05) is 0 Å². The third kappa shape index (κ3) is 6.14. The van der Waals surface area contributed by atoms with E-state index in [9.17, 15) is 18.8 Å². The first-order chi connectivity index (χ1) is 11.2. The fraction of sp³-hybridized carbons (Fsp3) is 0.500. The van der Waals surface area contributed by atoms with Crippen LogP contribution in [0.3, 0.4) is 0 Å². The molecule has 0 radical (unpaired) electrons. The Balaban J connectivity index is 0.000000307. The van der Waals surface area contributed by atoms with Crippen molar-refractivity contribution in [2.24, 2.45) is 0 Å². The summed E-state index contributed by atoms with van der Waals surface area (Å²) in [4.78, 5) is 34.0. The molecule has 1 aromatic rings. The first kappa shape index (κ1) is 19.9. The number of rotatable bonds is 5. The zero-order chi connectivity index (χ0) is 18.3. The van der Waals surface area contributed by atoms with Gasteiger partial charge < -0.3 is 25.8 Å². The minimum absolute atomic E-state index is 0.152. The standard InChI is InChI=1S/C8H10FN3O3S.C4H6O4/c9-4-1-12(8(14)11-7(4)10)5-3-16-6(2-13)15-5;5-3(6)1-2-4(7)8/h1,5-6,13H,2-3H2,(H2,10,11,14);1-2H2,(H,5,6)(H,7,8)/t5-,6+;/m0./s1. The average molecular weight is 365 g/mol. The second-order valence-electron chi connectivity index (χ2n) is 4.49. The molecule has 24 heavy (non-hydrogen) atoms. The van der Waals surface area contributed by atoms with Gasteiger partial charge in [0.25, 0.3) is 0 Å². The number of hydrogen-bond donors (Lipinski definition) is 4. The lowest BCUT2D eigenvalue weighted by molar-refractivity contribution is -0.143. The van der Waals surface area contributed by atoms with Crippen molar-refractivity contribution in [3.05, 3.63) is 22.5 Å². The van der Waals surface area contributed by atoms with Gasteiger partial charge in [0.15, 0.2) is 11.6 Å². The van der Waals surface area contributed by atoms with E-state index in [0.29, 0.717) is 5.75 Å². The summed E-state index contributed by atoms with van der Waals surface area (Å²) in [5.74, 6) is -2.89. The van der Waals surface area contributed by atoms with Gasteiger partial charge in [-0.15, -0.1) is 11.8 Å². The van der Waals surface area contributed by atoms with Crippen LogP contribution in [0.1, 0.15) is 19.1 Å². The lowest BCUT2D eigenvalue weighted by Crippen LogP contribution is -2.29. The van der Waals surface area contributed by atoms with Crippen molar-refractivity contribution in [2.45, 2.75) is 24.5 Å². The fourth-order valence-corrected chi connectivity index (χ4v) is 2.49. The van der Waals surface area contributed by atoms with Crippen LogP contribution < -0.4 is 11.4 Å². The molecule has 0 aliphatic carbocycles. The second-order valence-corrected chi connectivity index (χ2v) is 5.68. The van der Waals surface area contributed by atoms with E-state index in [-0.39, 0.29) is 19.4 Å². The van der Waals surface area contributed by atoms with Gasteiger partial charge in [-0.2, -0.15) is 4.98 Å². The van der Waals surface area contributed by atoms with Crippen LogP contribution in [0, 0.1) is 5.82 Å². The molecule has 2 rings (SSSR count). The maximum absolute atomic E-state index is 13.1. The molecular weight excluding hydrogens is 349 g/mol. The summed E-state index contributed by atoms with van der Waals surface area (Å²) >= 11 is 1.35. The van der Waals surface area contributed by atoms with Crippen molar-refractivity contribution in [2.75, 3.05) is 18.1 Å². The van der Waals surface area contributed by atoms with Crippen LogP contribution in [-0.4, -0.2) is 54.6 Å². The second kappa shape index (κ2) is 9.20. The zero-order valence-electron chi connectivity index (χ0n) is 12.3. The van der Waals surface area contributed by atoms with Gasteiger partial charge in [0.05, 0.1) is 25.6 Å². The van der Waals surface area contributed by atoms with Crippen molar-refractivity contribution in [3.63, 3.8) is 0 Å². The molecular formula is C12H16FN3O7S. The highest BCUT2D eigenvalue weighted by Gasteiger charge is 2.28. The van der Waals surface area contributed by atoms with E-state index in [4.69, 9.17) is 25.8 Å². The van der Waals surface area contributed by atoms with E-state index in [1.165, 1.54) is 11.8 Å². The summed E-state index contributed by atoms with van der Waals surface area (Å²) in [5, 5.41) is 24.7. The molecule has 134 valence electrons. The molecule has 2 heterocycles. The van der Waals surface area contributed by atoms with Crippen LogP contribution in [0.4, 0.5) is 10.2 Å². The predicted molar refractivity (Wildman–Crippen MR) is 80.8 cm³/mol. The number of nitrogens with two attached hydrogens (primary N) is 1. The van der Waals surface area contributed by atoms with E-state index in [1.54, 1.807) is 0 Å². The number of carbonyl (C=O) groups is 2. The molecule has 0 spiro atoms. The summed E-state index contributed by atoms with van der Waals surface area (Å²) in [6.45, 7) is -0.152. The van der Waals surface area contributed by atoms with Gasteiger partial charge >= 0.3 is 17.6 Å². The Morgan fingerprint density at radius 1 is 1.42 bits per heavy atom. The Morgan fingerprint density at radius 2 is 2.00 bits per heavy atom. The van der Waals surface area contributed by atoms with Gasteiger partial charge in [-0.1, -0.05) is 0 Å². The number of halogens is 1. The number of carboxylic acids is 2. The predicted octanol–water partition coefficient (Wildman–Crippen LogP) is -0.519. The third-order valence-corrected chi connectivity index (χ3v) is 3.79. The molecule has 1 fully saturated rings. The van der Waals surface area contributed by atoms with Gasteiger partial charge in [-0.05, 0) is 0 Å². The third-order valence-electron chi connectivity index (χ3n) is 2.68. The number of hydrogen-bond acceptors (Lipinski definition) is 8. The smallest absolute Gasteiger partial charge is 0.351 e. The monoisotopic (exact) mass is 365 g/mol. The SMILES string of the molecule is Nc1nc(=O)n([C@@H]2CS[C@H](CO)O2)cc1F.O=C(O)CCC(=O)O. The average Bonchev–Trinajstić information content (AvgIpc) is 2.98. The number of aliphatic carboxylic acids is 2. The number of aliphatic hydroxyl groups is 1. The summed E-state index contributed by atoms with van der Waals surface area (Å²) < 4.78 is 19.5. The Hall–Kier alpha value is -2.18. The first-order valence-corrected chi connectivity index (χ1v) is 7.65. The van der Waals surface area contributed by atoms with Gasteiger partial charge in [-0.25, -0.2) is 9.18 Å². The lowest BCUT2D eigenvalue weighted by atomic mass is 10.3. The van der Waals surface area contributed by atoms with Gasteiger partial charge in [0, 0.05) is 5.75 Å². The molecule has 12 heteroatoms. The highest BCUT2D eigenvalue weighted by atomic mass is 32.2. The quantitative estimate of drug-likeness (QED) is 0.533. The van der Waals surface area contributed by atoms with Gasteiger partial charge in [0.2, 0.25) is 0 Å². The molecule has 1 saturated heterocycles. The summed E-state index contributed by atoms with van der Waals surface area (Å²) in [5.41, 5.74) is 4.10. The molecule has 0 saturated carbocycles. The van der Waals surface area contributed by atoms with Crippen molar-refractivity contribution in [1.29, 1.82) is 0 Å². The van der Waals surface area contributed by atoms with Crippen LogP contribution in [-0.2, 0) is 14.3 Å².